The van der Waals surface area contributed by atoms with E-state index in [1.807, 2.05) is 6.92 Å². The maximum absolute atomic E-state index is 11.4. The van der Waals surface area contributed by atoms with Gasteiger partial charge in [0, 0.05) is 11.6 Å². The lowest BCUT2D eigenvalue weighted by Crippen LogP contribution is -2.48. The number of ether oxygens (including phenoxy) is 1. The van der Waals surface area contributed by atoms with Crippen molar-refractivity contribution in [2.24, 2.45) is 0 Å². The van der Waals surface area contributed by atoms with Crippen molar-refractivity contribution in [3.8, 4) is 0 Å². The fraction of sp³-hybridized carbons (Fsp3) is 0.909. The van der Waals surface area contributed by atoms with E-state index in [2.05, 4.69) is 5.32 Å². The monoisotopic (exact) mass is 197 g/mol. The van der Waals surface area contributed by atoms with Crippen LogP contribution >= 0.6 is 0 Å². The van der Waals surface area contributed by atoms with Crippen LogP contribution in [0.4, 0.5) is 0 Å². The first kappa shape index (κ1) is 9.97. The molecule has 0 aromatic rings. The largest absolute Gasteiger partial charge is 0.466 e. The average Bonchev–Trinajstić information content (AvgIpc) is 2.42. The zero-order valence-electron chi connectivity index (χ0n) is 8.84. The van der Waals surface area contributed by atoms with E-state index in [0.29, 0.717) is 19.1 Å². The van der Waals surface area contributed by atoms with E-state index in [0.717, 1.165) is 12.8 Å². The fourth-order valence-electron chi connectivity index (χ4n) is 2.84. The van der Waals surface area contributed by atoms with Crippen LogP contribution in [0.1, 0.15) is 45.4 Å². The highest BCUT2D eigenvalue weighted by molar-refractivity contribution is 5.71. The van der Waals surface area contributed by atoms with Gasteiger partial charge in [0.1, 0.15) is 0 Å². The van der Waals surface area contributed by atoms with Gasteiger partial charge < -0.3 is 10.1 Å². The zero-order chi connectivity index (χ0) is 10.0. The highest BCUT2D eigenvalue weighted by Crippen LogP contribution is 2.37. The Morgan fingerprint density at radius 1 is 1.50 bits per heavy atom. The molecule has 0 aliphatic carbocycles. The molecular weight excluding hydrogens is 178 g/mol. The third kappa shape index (κ3) is 1.92. The van der Waals surface area contributed by atoms with E-state index in [-0.39, 0.29) is 11.5 Å². The van der Waals surface area contributed by atoms with Crippen LogP contribution in [0, 0.1) is 0 Å². The van der Waals surface area contributed by atoms with Gasteiger partial charge in [-0.15, -0.1) is 0 Å². The van der Waals surface area contributed by atoms with Crippen molar-refractivity contribution in [2.75, 3.05) is 6.61 Å². The second-order valence-corrected chi connectivity index (χ2v) is 4.53. The summed E-state index contributed by atoms with van der Waals surface area (Å²) < 4.78 is 5.01. The fourth-order valence-corrected chi connectivity index (χ4v) is 2.84. The van der Waals surface area contributed by atoms with E-state index in [1.54, 1.807) is 0 Å². The predicted molar refractivity (Wildman–Crippen MR) is 54.0 cm³/mol. The quantitative estimate of drug-likeness (QED) is 0.699. The minimum absolute atomic E-state index is 0.0393. The van der Waals surface area contributed by atoms with Gasteiger partial charge in [-0.1, -0.05) is 6.42 Å². The second kappa shape index (κ2) is 3.89. The number of esters is 1. The molecule has 2 fully saturated rings. The molecule has 14 heavy (non-hydrogen) atoms. The van der Waals surface area contributed by atoms with Gasteiger partial charge >= 0.3 is 5.97 Å². The Hall–Kier alpha value is -0.570. The number of nitrogens with one attached hydrogen (secondary N) is 1. The van der Waals surface area contributed by atoms with Gasteiger partial charge in [0.15, 0.2) is 0 Å². The lowest BCUT2D eigenvalue weighted by atomic mass is 9.87. The zero-order valence-corrected chi connectivity index (χ0v) is 8.84. The van der Waals surface area contributed by atoms with Crippen molar-refractivity contribution in [3.05, 3.63) is 0 Å². The van der Waals surface area contributed by atoms with Crippen molar-refractivity contribution < 1.29 is 9.53 Å². The summed E-state index contributed by atoms with van der Waals surface area (Å²) in [4.78, 5) is 11.4. The van der Waals surface area contributed by atoms with E-state index >= 15 is 0 Å². The van der Waals surface area contributed by atoms with Crippen LogP contribution in [0.25, 0.3) is 0 Å². The minimum Gasteiger partial charge on any atom is -0.466 e. The van der Waals surface area contributed by atoms with E-state index in [4.69, 9.17) is 4.74 Å². The van der Waals surface area contributed by atoms with Crippen LogP contribution in [0.2, 0.25) is 0 Å². The molecule has 0 aromatic carbocycles. The molecule has 0 spiro atoms. The Bertz CT molecular complexity index is 225. The number of hydrogen-bond donors (Lipinski definition) is 1. The summed E-state index contributed by atoms with van der Waals surface area (Å²) in [5.41, 5.74) is 0.0924. The second-order valence-electron chi connectivity index (χ2n) is 4.53. The summed E-state index contributed by atoms with van der Waals surface area (Å²) in [7, 11) is 0. The molecule has 0 aromatic heterocycles. The van der Waals surface area contributed by atoms with Crippen molar-refractivity contribution in [1.29, 1.82) is 0 Å². The van der Waals surface area contributed by atoms with Crippen LogP contribution in [-0.4, -0.2) is 24.2 Å². The van der Waals surface area contributed by atoms with Gasteiger partial charge in [-0.3, -0.25) is 4.79 Å². The smallest absolute Gasteiger partial charge is 0.307 e. The lowest BCUT2D eigenvalue weighted by molar-refractivity contribution is -0.145. The summed E-state index contributed by atoms with van der Waals surface area (Å²) in [5.74, 6) is -0.0393. The standard InChI is InChI=1S/C11H19NO2/c1-2-14-10(13)8-11-6-3-4-9(12-11)5-7-11/h9,12H,2-8H2,1H3. The van der Waals surface area contributed by atoms with E-state index < -0.39 is 0 Å². The highest BCUT2D eigenvalue weighted by atomic mass is 16.5. The SMILES string of the molecule is CCOC(=O)CC12CCCC(CC1)N2. The first-order chi connectivity index (χ1) is 6.74. The number of carbonyl (C=O) groups excluding carboxylic acids is 1. The van der Waals surface area contributed by atoms with E-state index in [1.165, 1.54) is 19.3 Å². The molecule has 2 aliphatic rings. The summed E-state index contributed by atoms with van der Waals surface area (Å²) in [6, 6.07) is 0.665. The van der Waals surface area contributed by atoms with Gasteiger partial charge in [0.2, 0.25) is 0 Å². The normalized spacial score (nSPS) is 35.6. The molecule has 0 radical (unpaired) electrons. The maximum Gasteiger partial charge on any atom is 0.307 e. The van der Waals surface area contributed by atoms with Crippen molar-refractivity contribution in [2.45, 2.75) is 57.0 Å². The number of piperidine rings is 1. The molecule has 2 heterocycles. The van der Waals surface area contributed by atoms with Crippen LogP contribution in [0.5, 0.6) is 0 Å². The molecule has 2 rings (SSSR count). The van der Waals surface area contributed by atoms with Crippen molar-refractivity contribution >= 4 is 5.97 Å². The van der Waals surface area contributed by atoms with Crippen LogP contribution in [-0.2, 0) is 9.53 Å². The third-order valence-electron chi connectivity index (χ3n) is 3.48. The number of rotatable bonds is 3. The summed E-state index contributed by atoms with van der Waals surface area (Å²) >= 11 is 0. The number of fused-ring (bicyclic) bond motifs is 2. The predicted octanol–water partition coefficient (Wildman–Crippen LogP) is 1.61. The molecule has 2 aliphatic heterocycles. The Morgan fingerprint density at radius 2 is 2.36 bits per heavy atom. The lowest BCUT2D eigenvalue weighted by Gasteiger charge is -2.33. The van der Waals surface area contributed by atoms with Gasteiger partial charge in [0.05, 0.1) is 13.0 Å². The minimum atomic E-state index is -0.0393. The Morgan fingerprint density at radius 3 is 3.14 bits per heavy atom. The average molecular weight is 197 g/mol. The summed E-state index contributed by atoms with van der Waals surface area (Å²) in [6.45, 7) is 2.36. The molecule has 0 amide bonds. The summed E-state index contributed by atoms with van der Waals surface area (Å²) in [5, 5.41) is 3.59. The first-order valence-electron chi connectivity index (χ1n) is 5.67. The van der Waals surface area contributed by atoms with Crippen LogP contribution in [0.3, 0.4) is 0 Å². The Labute approximate surface area is 85.2 Å². The van der Waals surface area contributed by atoms with Crippen LogP contribution in [0.15, 0.2) is 0 Å². The van der Waals surface area contributed by atoms with Crippen LogP contribution < -0.4 is 5.32 Å². The third-order valence-corrected chi connectivity index (χ3v) is 3.48. The molecule has 2 saturated heterocycles. The topological polar surface area (TPSA) is 38.3 Å². The molecular formula is C11H19NO2. The van der Waals surface area contributed by atoms with Gasteiger partial charge in [-0.25, -0.2) is 0 Å². The Balaban J connectivity index is 1.92. The Kier molecular flexibility index (Phi) is 2.77. The molecule has 1 N–H and O–H groups in total. The van der Waals surface area contributed by atoms with Crippen molar-refractivity contribution in [1.82, 2.24) is 5.32 Å². The molecule has 0 saturated carbocycles. The van der Waals surface area contributed by atoms with Gasteiger partial charge in [-0.05, 0) is 32.6 Å². The number of hydrogen-bond acceptors (Lipinski definition) is 3. The first-order valence-corrected chi connectivity index (χ1v) is 5.67. The van der Waals surface area contributed by atoms with E-state index in [9.17, 15) is 4.79 Å². The number of carbonyl (C=O) groups is 1. The highest BCUT2D eigenvalue weighted by Gasteiger charge is 2.42. The molecule has 2 unspecified atom stereocenters. The summed E-state index contributed by atoms with van der Waals surface area (Å²) in [6.07, 6.45) is 6.64. The molecule has 2 bridgehead atoms. The molecule has 80 valence electrons. The van der Waals surface area contributed by atoms with Gasteiger partial charge in [-0.2, -0.15) is 0 Å². The van der Waals surface area contributed by atoms with Crippen molar-refractivity contribution in [3.63, 3.8) is 0 Å². The van der Waals surface area contributed by atoms with Gasteiger partial charge in [0.25, 0.3) is 0 Å². The molecule has 2 atom stereocenters. The molecule has 3 nitrogen and oxygen atoms in total. The molecule has 3 heteroatoms. The maximum atomic E-state index is 11.4.